The first-order valence-electron chi connectivity index (χ1n) is 12.7. The Labute approximate surface area is 227 Å². The van der Waals surface area contributed by atoms with Crippen LogP contribution in [-0.2, 0) is 11.3 Å². The third kappa shape index (κ3) is 7.03. The number of fused-ring (bicyclic) bond motifs is 1. The van der Waals surface area contributed by atoms with Crippen molar-refractivity contribution < 1.29 is 18.7 Å². The molecule has 0 saturated carbocycles. The third-order valence-corrected chi connectivity index (χ3v) is 6.25. The minimum atomic E-state index is 0.0632. The zero-order chi connectivity index (χ0) is 27.6. The van der Waals surface area contributed by atoms with E-state index in [2.05, 4.69) is 15.6 Å². The van der Waals surface area contributed by atoms with Gasteiger partial charge in [-0.25, -0.2) is 4.98 Å². The van der Waals surface area contributed by atoms with Crippen molar-refractivity contribution in [3.05, 3.63) is 83.8 Å². The van der Waals surface area contributed by atoms with Crippen LogP contribution in [-0.4, -0.2) is 55.5 Å². The van der Waals surface area contributed by atoms with Gasteiger partial charge in [-0.1, -0.05) is 24.3 Å². The normalized spacial score (nSPS) is 13.1. The van der Waals surface area contributed by atoms with E-state index in [9.17, 15) is 9.59 Å². The van der Waals surface area contributed by atoms with Crippen molar-refractivity contribution in [1.29, 1.82) is 0 Å². The lowest BCUT2D eigenvalue weighted by atomic mass is 10.0. The van der Waals surface area contributed by atoms with Gasteiger partial charge in [-0.2, -0.15) is 0 Å². The predicted octanol–water partition coefficient (Wildman–Crippen LogP) is 4.10. The number of furan rings is 1. The molecule has 3 heterocycles. The van der Waals surface area contributed by atoms with Crippen LogP contribution in [0.25, 0.3) is 28.2 Å². The molecule has 1 aliphatic rings. The molecule has 1 aliphatic heterocycles. The summed E-state index contributed by atoms with van der Waals surface area (Å²) in [5.74, 6) is 1.90. The molecule has 5 rings (SSSR count). The molecule has 0 atom stereocenters. The molecule has 9 nitrogen and oxygen atoms in total. The highest BCUT2D eigenvalue weighted by atomic mass is 16.5. The summed E-state index contributed by atoms with van der Waals surface area (Å²) < 4.78 is 11.3. The fraction of sp³-hybridized carbons (Fsp3) is 0.233. The summed E-state index contributed by atoms with van der Waals surface area (Å²) in [6.45, 7) is 5.42. The molecule has 0 spiro atoms. The van der Waals surface area contributed by atoms with Gasteiger partial charge in [-0.15, -0.1) is 0 Å². The summed E-state index contributed by atoms with van der Waals surface area (Å²) in [6, 6.07) is 17.2. The first-order chi connectivity index (χ1) is 19.0. The predicted molar refractivity (Wildman–Crippen MR) is 153 cm³/mol. The van der Waals surface area contributed by atoms with Crippen LogP contribution in [0.4, 0.5) is 5.82 Å². The fourth-order valence-electron chi connectivity index (χ4n) is 4.29. The first kappa shape index (κ1) is 27.4. The van der Waals surface area contributed by atoms with Gasteiger partial charge in [0.25, 0.3) is 5.91 Å². The topological polar surface area (TPSA) is 123 Å². The van der Waals surface area contributed by atoms with Crippen molar-refractivity contribution >= 4 is 35.2 Å². The number of aromatic nitrogens is 1. The molecule has 1 saturated heterocycles. The van der Waals surface area contributed by atoms with Gasteiger partial charge in [0.2, 0.25) is 6.41 Å². The Morgan fingerprint density at radius 3 is 2.54 bits per heavy atom. The van der Waals surface area contributed by atoms with Gasteiger partial charge in [-0.05, 0) is 66.1 Å². The number of methoxy groups -OCH3 is 1. The van der Waals surface area contributed by atoms with Crippen LogP contribution >= 0.6 is 0 Å². The molecule has 0 aliphatic carbocycles. The molecule has 1 fully saturated rings. The van der Waals surface area contributed by atoms with E-state index in [1.165, 1.54) is 0 Å². The molecule has 2 aromatic carbocycles. The molecule has 4 aromatic rings. The number of amides is 2. The van der Waals surface area contributed by atoms with E-state index in [0.717, 1.165) is 48.3 Å². The molecule has 0 radical (unpaired) electrons. The van der Waals surface area contributed by atoms with Gasteiger partial charge in [0.1, 0.15) is 11.6 Å². The second-order valence-electron chi connectivity index (χ2n) is 8.94. The molecule has 202 valence electrons. The summed E-state index contributed by atoms with van der Waals surface area (Å²) in [4.78, 5) is 29.0. The van der Waals surface area contributed by atoms with E-state index in [4.69, 9.17) is 14.9 Å². The molecular formula is C30H33N5O4. The number of pyridine rings is 1. The quantitative estimate of drug-likeness (QED) is 0.309. The van der Waals surface area contributed by atoms with Crippen LogP contribution in [0.15, 0.2) is 71.3 Å². The van der Waals surface area contributed by atoms with Crippen LogP contribution in [0.5, 0.6) is 5.75 Å². The van der Waals surface area contributed by atoms with E-state index in [-0.39, 0.29) is 5.91 Å². The molecule has 0 bridgehead atoms. The van der Waals surface area contributed by atoms with Crippen molar-refractivity contribution in [1.82, 2.24) is 20.5 Å². The zero-order valence-corrected chi connectivity index (χ0v) is 22.1. The number of nitrogens with one attached hydrogen (secondary N) is 2. The number of carbonyl (C=O) groups excluding carboxylic acids is 2. The highest BCUT2D eigenvalue weighted by molar-refractivity contribution is 5.95. The number of piperazine rings is 1. The Balaban J connectivity index is 0.000000298. The Kier molecular flexibility index (Phi) is 9.31. The number of anilines is 1. The summed E-state index contributed by atoms with van der Waals surface area (Å²) >= 11 is 0. The fourth-order valence-corrected chi connectivity index (χ4v) is 4.29. The number of nitrogen functional groups attached to an aromatic ring is 1. The van der Waals surface area contributed by atoms with E-state index in [1.807, 2.05) is 72.5 Å². The molecule has 2 aromatic heterocycles. The average Bonchev–Trinajstić information content (AvgIpc) is 3.40. The number of rotatable bonds is 7. The Hall–Kier alpha value is -4.63. The SMILES string of the molecule is C/C=C/c1ccc(N)nc1.COc1cc(-c2ccc(C(=O)N3CCNCC3)cc2)cc2cc(CNC=O)oc12. The van der Waals surface area contributed by atoms with Crippen molar-refractivity contribution in [3.8, 4) is 16.9 Å². The zero-order valence-electron chi connectivity index (χ0n) is 22.1. The van der Waals surface area contributed by atoms with Crippen LogP contribution in [0, 0.1) is 0 Å². The maximum Gasteiger partial charge on any atom is 0.253 e. The standard InChI is InChI=1S/C22H23N3O4.C8H10N2/c1-28-20-12-17(10-18-11-19(13-24-14-26)29-21(18)20)15-2-4-16(5-3-15)22(27)25-8-6-23-7-9-25;1-2-3-7-4-5-8(9)10-6-7/h2-5,10-12,14,23H,6-9,13H2,1H3,(H,24,26);2-6H,1H3,(H2,9,10)/b;3-2+. The van der Waals surface area contributed by atoms with Gasteiger partial charge in [0.05, 0.1) is 13.7 Å². The lowest BCUT2D eigenvalue weighted by Gasteiger charge is -2.27. The van der Waals surface area contributed by atoms with Crippen molar-refractivity contribution in [3.63, 3.8) is 0 Å². The molecule has 4 N–H and O–H groups in total. The molecule has 2 amide bonds. The third-order valence-electron chi connectivity index (χ3n) is 6.25. The molecule has 9 heteroatoms. The number of nitrogens with zero attached hydrogens (tertiary/aromatic N) is 2. The number of hydrogen-bond acceptors (Lipinski definition) is 7. The number of benzene rings is 2. The summed E-state index contributed by atoms with van der Waals surface area (Å²) in [6.07, 6.45) is 6.33. The highest BCUT2D eigenvalue weighted by Gasteiger charge is 2.18. The lowest BCUT2D eigenvalue weighted by Crippen LogP contribution is -2.46. The maximum atomic E-state index is 12.6. The minimum Gasteiger partial charge on any atom is -0.493 e. The van der Waals surface area contributed by atoms with Crippen LogP contribution in [0.2, 0.25) is 0 Å². The van der Waals surface area contributed by atoms with Crippen molar-refractivity contribution in [2.24, 2.45) is 0 Å². The Morgan fingerprint density at radius 1 is 1.13 bits per heavy atom. The van der Waals surface area contributed by atoms with E-state index in [1.54, 1.807) is 19.4 Å². The summed E-state index contributed by atoms with van der Waals surface area (Å²) in [5.41, 5.74) is 9.75. The lowest BCUT2D eigenvalue weighted by molar-refractivity contribution is -0.109. The highest BCUT2D eigenvalue weighted by Crippen LogP contribution is 2.34. The monoisotopic (exact) mass is 527 g/mol. The number of allylic oxidation sites excluding steroid dienone is 1. The van der Waals surface area contributed by atoms with Gasteiger partial charge >= 0.3 is 0 Å². The molecule has 39 heavy (non-hydrogen) atoms. The number of carbonyl (C=O) groups is 2. The second-order valence-corrected chi connectivity index (χ2v) is 8.94. The Morgan fingerprint density at radius 2 is 1.90 bits per heavy atom. The second kappa shape index (κ2) is 13.3. The Bertz CT molecular complexity index is 1420. The average molecular weight is 528 g/mol. The largest absolute Gasteiger partial charge is 0.493 e. The number of ether oxygens (including phenoxy) is 1. The summed E-state index contributed by atoms with van der Waals surface area (Å²) in [5, 5.41) is 6.75. The van der Waals surface area contributed by atoms with Crippen LogP contribution in [0.1, 0.15) is 28.6 Å². The van der Waals surface area contributed by atoms with Gasteiger partial charge in [0.15, 0.2) is 11.3 Å². The minimum absolute atomic E-state index is 0.0632. The summed E-state index contributed by atoms with van der Waals surface area (Å²) in [7, 11) is 1.60. The smallest absolute Gasteiger partial charge is 0.253 e. The van der Waals surface area contributed by atoms with Gasteiger partial charge < -0.3 is 30.4 Å². The number of hydrogen-bond donors (Lipinski definition) is 3. The van der Waals surface area contributed by atoms with Crippen LogP contribution < -0.4 is 21.1 Å². The maximum absolute atomic E-state index is 12.6. The van der Waals surface area contributed by atoms with E-state index in [0.29, 0.717) is 41.4 Å². The van der Waals surface area contributed by atoms with Gasteiger partial charge in [-0.3, -0.25) is 9.59 Å². The van der Waals surface area contributed by atoms with E-state index < -0.39 is 0 Å². The molecular weight excluding hydrogens is 494 g/mol. The first-order valence-corrected chi connectivity index (χ1v) is 12.7. The number of nitrogens with two attached hydrogens (primary N) is 1. The van der Waals surface area contributed by atoms with Crippen molar-refractivity contribution in [2.45, 2.75) is 13.5 Å². The van der Waals surface area contributed by atoms with Crippen LogP contribution in [0.3, 0.4) is 0 Å². The van der Waals surface area contributed by atoms with E-state index >= 15 is 0 Å². The van der Waals surface area contributed by atoms with Crippen molar-refractivity contribution in [2.75, 3.05) is 39.0 Å². The van der Waals surface area contributed by atoms with Gasteiger partial charge in [0, 0.05) is 43.3 Å². The molecule has 0 unspecified atom stereocenters.